The van der Waals surface area contributed by atoms with Gasteiger partial charge in [-0.1, -0.05) is 19.1 Å². The fourth-order valence-electron chi connectivity index (χ4n) is 3.07. The van der Waals surface area contributed by atoms with Crippen LogP contribution in [0.5, 0.6) is 0 Å². The molecule has 0 radical (unpaired) electrons. The lowest BCUT2D eigenvalue weighted by molar-refractivity contribution is -0.383. The minimum Gasteiger partial charge on any atom is -0.350 e. The van der Waals surface area contributed by atoms with E-state index in [4.69, 9.17) is 0 Å². The topological polar surface area (TPSA) is 113 Å². The molecule has 1 amide bonds. The molecule has 1 saturated heterocycles. The largest absolute Gasteiger partial charge is 0.355 e. The molecule has 2 N–H and O–H groups in total. The summed E-state index contributed by atoms with van der Waals surface area (Å²) in [6, 6.07) is 6.88. The van der Waals surface area contributed by atoms with Crippen molar-refractivity contribution >= 4 is 39.2 Å². The summed E-state index contributed by atoms with van der Waals surface area (Å²) in [5.74, 6) is 0.200. The van der Waals surface area contributed by atoms with Crippen LogP contribution in [0.4, 0.5) is 17.3 Å². The highest BCUT2D eigenvalue weighted by atomic mass is 79.9. The van der Waals surface area contributed by atoms with Crippen molar-refractivity contribution in [2.24, 2.45) is 5.92 Å². The minimum absolute atomic E-state index is 0.0522. The zero-order chi connectivity index (χ0) is 19.4. The second-order valence-electron chi connectivity index (χ2n) is 6.40. The van der Waals surface area contributed by atoms with Gasteiger partial charge in [0.2, 0.25) is 11.6 Å². The lowest BCUT2D eigenvalue weighted by atomic mass is 10.0. The third-order valence-electron chi connectivity index (χ3n) is 4.36. The summed E-state index contributed by atoms with van der Waals surface area (Å²) in [4.78, 5) is 33.4. The van der Waals surface area contributed by atoms with Gasteiger partial charge in [0.05, 0.1) is 10.5 Å². The third-order valence-corrected chi connectivity index (χ3v) is 5.05. The van der Waals surface area contributed by atoms with Gasteiger partial charge in [-0.3, -0.25) is 25.8 Å². The van der Waals surface area contributed by atoms with E-state index in [0.29, 0.717) is 29.0 Å². The molecule has 0 saturated carbocycles. The Morgan fingerprint density at radius 3 is 2.85 bits per heavy atom. The Labute approximate surface area is 164 Å². The van der Waals surface area contributed by atoms with Crippen molar-refractivity contribution in [2.75, 3.05) is 23.4 Å². The van der Waals surface area contributed by atoms with E-state index in [2.05, 4.69) is 43.7 Å². The number of carbonyl (C=O) groups is 1. The van der Waals surface area contributed by atoms with Gasteiger partial charge in [-0.05, 0) is 46.8 Å². The van der Waals surface area contributed by atoms with Crippen LogP contribution >= 0.6 is 15.9 Å². The average molecular weight is 435 g/mol. The Morgan fingerprint density at radius 2 is 2.15 bits per heavy atom. The zero-order valence-corrected chi connectivity index (χ0v) is 16.3. The van der Waals surface area contributed by atoms with E-state index in [1.165, 1.54) is 6.33 Å². The van der Waals surface area contributed by atoms with Gasteiger partial charge in [-0.15, -0.1) is 0 Å². The zero-order valence-electron chi connectivity index (χ0n) is 14.7. The van der Waals surface area contributed by atoms with Gasteiger partial charge in [-0.25, -0.2) is 9.97 Å². The molecular weight excluding hydrogens is 416 g/mol. The first-order valence-corrected chi connectivity index (χ1v) is 9.32. The highest BCUT2D eigenvalue weighted by Gasteiger charge is 2.29. The molecule has 2 aromatic rings. The molecular formula is C17H19BrN6O3. The number of carbonyl (C=O) groups excluding carboxylic acids is 1. The van der Waals surface area contributed by atoms with Crippen molar-refractivity contribution in [3.8, 4) is 0 Å². The highest BCUT2D eigenvalue weighted by Crippen LogP contribution is 2.33. The van der Waals surface area contributed by atoms with Gasteiger partial charge in [0, 0.05) is 17.6 Å². The van der Waals surface area contributed by atoms with E-state index in [0.717, 1.165) is 12.8 Å². The molecule has 3 rings (SSSR count). The fraction of sp³-hybridized carbons (Fsp3) is 0.353. The summed E-state index contributed by atoms with van der Waals surface area (Å²) in [5.41, 5.74) is 5.17. The first-order valence-electron chi connectivity index (χ1n) is 8.52. The van der Waals surface area contributed by atoms with Gasteiger partial charge in [0.25, 0.3) is 5.91 Å². The number of rotatable bonds is 5. The molecule has 10 heteroatoms. The molecule has 1 aliphatic rings. The van der Waals surface area contributed by atoms with E-state index in [1.807, 2.05) is 4.90 Å². The predicted molar refractivity (Wildman–Crippen MR) is 105 cm³/mol. The maximum atomic E-state index is 12.3. The van der Waals surface area contributed by atoms with Crippen molar-refractivity contribution < 1.29 is 9.72 Å². The van der Waals surface area contributed by atoms with Crippen molar-refractivity contribution in [1.82, 2.24) is 15.4 Å². The molecule has 0 bridgehead atoms. The van der Waals surface area contributed by atoms with Crippen molar-refractivity contribution in [1.29, 1.82) is 0 Å². The number of anilines is 2. The lowest BCUT2D eigenvalue weighted by Gasteiger charge is -2.31. The lowest BCUT2D eigenvalue weighted by Crippen LogP contribution is -2.36. The molecule has 0 spiro atoms. The number of piperidine rings is 1. The molecule has 0 aliphatic carbocycles. The third kappa shape index (κ3) is 4.33. The summed E-state index contributed by atoms with van der Waals surface area (Å²) >= 11 is 3.30. The fourth-order valence-corrected chi connectivity index (χ4v) is 3.54. The summed E-state index contributed by atoms with van der Waals surface area (Å²) in [5, 5.41) is 11.7. The van der Waals surface area contributed by atoms with Crippen LogP contribution in [0.2, 0.25) is 0 Å². The number of hydrogen-bond acceptors (Lipinski definition) is 7. The second kappa shape index (κ2) is 8.30. The molecule has 1 fully saturated rings. The molecule has 27 heavy (non-hydrogen) atoms. The van der Waals surface area contributed by atoms with Crippen LogP contribution in [0.25, 0.3) is 0 Å². The van der Waals surface area contributed by atoms with Gasteiger partial charge < -0.3 is 4.90 Å². The van der Waals surface area contributed by atoms with E-state index in [1.54, 1.807) is 24.3 Å². The van der Waals surface area contributed by atoms with Gasteiger partial charge in [-0.2, -0.15) is 0 Å². The molecule has 1 atom stereocenters. The maximum Gasteiger partial charge on any atom is 0.355 e. The Kier molecular flexibility index (Phi) is 5.84. The minimum atomic E-state index is -0.526. The van der Waals surface area contributed by atoms with Crippen molar-refractivity contribution in [3.05, 3.63) is 50.7 Å². The van der Waals surface area contributed by atoms with Gasteiger partial charge in [0.15, 0.2) is 0 Å². The number of aromatic nitrogens is 2. The molecule has 1 aromatic carbocycles. The Hall–Kier alpha value is -2.75. The number of hydrazine groups is 1. The van der Waals surface area contributed by atoms with Gasteiger partial charge in [0.1, 0.15) is 6.33 Å². The number of hydrogen-bond donors (Lipinski definition) is 2. The van der Waals surface area contributed by atoms with Crippen LogP contribution in [0.15, 0.2) is 35.1 Å². The van der Waals surface area contributed by atoms with Crippen LogP contribution in [-0.2, 0) is 0 Å². The standard InChI is InChI=1S/C17H19BrN6O3/c1-11-5-4-8-23(9-11)16-14(24(26)27)15(19-10-20-16)21-22-17(25)12-6-2-3-7-13(12)18/h2-3,6-7,10-11H,4-5,8-9H2,1H3,(H,22,25)(H,19,20,21). The Morgan fingerprint density at radius 1 is 1.37 bits per heavy atom. The summed E-state index contributed by atoms with van der Waals surface area (Å²) < 4.78 is 0.615. The normalized spacial score (nSPS) is 16.7. The summed E-state index contributed by atoms with van der Waals surface area (Å²) in [7, 11) is 0. The summed E-state index contributed by atoms with van der Waals surface area (Å²) in [6.07, 6.45) is 3.29. The molecule has 1 aromatic heterocycles. The molecule has 1 unspecified atom stereocenters. The molecule has 9 nitrogen and oxygen atoms in total. The first-order chi connectivity index (χ1) is 13.0. The number of nitrogens with zero attached hydrogens (tertiary/aromatic N) is 4. The van der Waals surface area contributed by atoms with E-state index < -0.39 is 10.8 Å². The number of benzene rings is 1. The smallest absolute Gasteiger partial charge is 0.350 e. The number of amides is 1. The average Bonchev–Trinajstić information content (AvgIpc) is 2.66. The van der Waals surface area contributed by atoms with Crippen LogP contribution in [0, 0.1) is 16.0 Å². The van der Waals surface area contributed by atoms with Crippen molar-refractivity contribution in [2.45, 2.75) is 19.8 Å². The second-order valence-corrected chi connectivity index (χ2v) is 7.26. The van der Waals surface area contributed by atoms with Crippen LogP contribution < -0.4 is 15.8 Å². The van der Waals surface area contributed by atoms with Crippen molar-refractivity contribution in [3.63, 3.8) is 0 Å². The predicted octanol–water partition coefficient (Wildman–Crippen LogP) is 3.14. The first kappa shape index (κ1) is 19.0. The number of nitro groups is 1. The SMILES string of the molecule is CC1CCCN(c2ncnc(NNC(=O)c3ccccc3Br)c2[N+](=O)[O-])C1. The number of halogens is 1. The van der Waals surface area contributed by atoms with Crippen LogP contribution in [0.1, 0.15) is 30.1 Å². The van der Waals surface area contributed by atoms with E-state index >= 15 is 0 Å². The maximum absolute atomic E-state index is 12.3. The summed E-state index contributed by atoms with van der Waals surface area (Å²) in [6.45, 7) is 3.50. The number of nitrogens with one attached hydrogen (secondary N) is 2. The molecule has 142 valence electrons. The molecule has 1 aliphatic heterocycles. The Bertz CT molecular complexity index is 862. The van der Waals surface area contributed by atoms with E-state index in [-0.39, 0.29) is 17.3 Å². The highest BCUT2D eigenvalue weighted by molar-refractivity contribution is 9.10. The monoisotopic (exact) mass is 434 g/mol. The Balaban J connectivity index is 1.83. The molecule has 2 heterocycles. The van der Waals surface area contributed by atoms with Gasteiger partial charge >= 0.3 is 5.69 Å². The quantitative estimate of drug-likeness (QED) is 0.548. The van der Waals surface area contributed by atoms with Crippen LogP contribution in [0.3, 0.4) is 0 Å². The van der Waals surface area contributed by atoms with Crippen LogP contribution in [-0.4, -0.2) is 33.9 Å². The van der Waals surface area contributed by atoms with E-state index in [9.17, 15) is 14.9 Å².